The van der Waals surface area contributed by atoms with E-state index in [0.29, 0.717) is 16.8 Å². The number of anilines is 2. The van der Waals surface area contributed by atoms with E-state index in [1.807, 2.05) is 24.3 Å². The molecular formula is C25H23N3O5S. The zero-order valence-electron chi connectivity index (χ0n) is 18.4. The number of hydrogen-bond acceptors (Lipinski definition) is 5. The third kappa shape index (κ3) is 5.26. The monoisotopic (exact) mass is 477 g/mol. The molecule has 0 radical (unpaired) electrons. The molecule has 3 aromatic carbocycles. The van der Waals surface area contributed by atoms with Crippen molar-refractivity contribution >= 4 is 44.0 Å². The van der Waals surface area contributed by atoms with Crippen molar-refractivity contribution in [1.29, 1.82) is 0 Å². The lowest BCUT2D eigenvalue weighted by atomic mass is 10.1. The van der Waals surface area contributed by atoms with Crippen LogP contribution in [0.5, 0.6) is 0 Å². The third-order valence-electron chi connectivity index (χ3n) is 5.17. The molecule has 0 fully saturated rings. The molecule has 0 aliphatic heterocycles. The van der Waals surface area contributed by atoms with Gasteiger partial charge in [-0.2, -0.15) is 0 Å². The van der Waals surface area contributed by atoms with Gasteiger partial charge in [0, 0.05) is 5.39 Å². The molecule has 174 valence electrons. The van der Waals surface area contributed by atoms with E-state index >= 15 is 0 Å². The summed E-state index contributed by atoms with van der Waals surface area (Å²) in [5.74, 6) is -0.389. The van der Waals surface area contributed by atoms with Crippen molar-refractivity contribution in [3.05, 3.63) is 96.4 Å². The van der Waals surface area contributed by atoms with E-state index in [-0.39, 0.29) is 17.8 Å². The second kappa shape index (κ2) is 9.80. The molecule has 4 rings (SSSR count). The van der Waals surface area contributed by atoms with E-state index < -0.39 is 28.4 Å². The first-order chi connectivity index (χ1) is 16.3. The standard InChI is InChI=1S/C25H23N3O5S/c1-34(31,32)28(23-14-6-9-18-8-2-3-11-20(18)23)17-24(29)27-22-13-5-4-12-21(22)25(30)26-16-19-10-7-15-33-19/h2-15H,16-17H2,1H3,(H,26,30)(H,27,29). The van der Waals surface area contributed by atoms with Gasteiger partial charge in [0.25, 0.3) is 5.91 Å². The average molecular weight is 478 g/mol. The van der Waals surface area contributed by atoms with Crippen LogP contribution < -0.4 is 14.9 Å². The summed E-state index contributed by atoms with van der Waals surface area (Å²) in [6.07, 6.45) is 2.57. The van der Waals surface area contributed by atoms with E-state index in [4.69, 9.17) is 4.42 Å². The first-order valence-electron chi connectivity index (χ1n) is 10.5. The molecule has 4 aromatic rings. The van der Waals surface area contributed by atoms with Crippen molar-refractivity contribution in [3.63, 3.8) is 0 Å². The van der Waals surface area contributed by atoms with Crippen molar-refractivity contribution < 1.29 is 22.4 Å². The molecule has 0 aliphatic carbocycles. The zero-order chi connectivity index (χ0) is 24.1. The quantitative estimate of drug-likeness (QED) is 0.402. The highest BCUT2D eigenvalue weighted by Crippen LogP contribution is 2.28. The Morgan fingerprint density at radius 2 is 1.65 bits per heavy atom. The number of carbonyl (C=O) groups is 2. The van der Waals surface area contributed by atoms with Gasteiger partial charge in [-0.15, -0.1) is 0 Å². The fourth-order valence-corrected chi connectivity index (χ4v) is 4.46. The van der Waals surface area contributed by atoms with Crippen molar-refractivity contribution in [2.45, 2.75) is 6.54 Å². The molecule has 8 nitrogen and oxygen atoms in total. The van der Waals surface area contributed by atoms with E-state index in [0.717, 1.165) is 15.9 Å². The van der Waals surface area contributed by atoms with Gasteiger partial charge >= 0.3 is 0 Å². The molecule has 1 heterocycles. The normalized spacial score (nSPS) is 11.2. The van der Waals surface area contributed by atoms with Crippen LogP contribution in [0.2, 0.25) is 0 Å². The molecule has 0 spiro atoms. The molecule has 1 aromatic heterocycles. The van der Waals surface area contributed by atoms with Crippen LogP contribution >= 0.6 is 0 Å². The van der Waals surface area contributed by atoms with Crippen LogP contribution in [0.3, 0.4) is 0 Å². The third-order valence-corrected chi connectivity index (χ3v) is 6.30. The summed E-state index contributed by atoms with van der Waals surface area (Å²) >= 11 is 0. The highest BCUT2D eigenvalue weighted by atomic mass is 32.2. The molecule has 0 bridgehead atoms. The Balaban J connectivity index is 1.55. The van der Waals surface area contributed by atoms with Gasteiger partial charge in [-0.3, -0.25) is 13.9 Å². The van der Waals surface area contributed by atoms with Crippen LogP contribution in [-0.4, -0.2) is 33.0 Å². The van der Waals surface area contributed by atoms with Gasteiger partial charge in [0.05, 0.1) is 36.0 Å². The van der Waals surface area contributed by atoms with Crippen LogP contribution in [0, 0.1) is 0 Å². The Kier molecular flexibility index (Phi) is 6.65. The van der Waals surface area contributed by atoms with Crippen molar-refractivity contribution in [3.8, 4) is 0 Å². The number of para-hydroxylation sites is 1. The fraction of sp³-hybridized carbons (Fsp3) is 0.120. The molecule has 0 unspecified atom stereocenters. The minimum Gasteiger partial charge on any atom is -0.467 e. The Hall–Kier alpha value is -4.11. The molecule has 0 atom stereocenters. The summed E-state index contributed by atoms with van der Waals surface area (Å²) in [6.45, 7) is -0.258. The zero-order valence-corrected chi connectivity index (χ0v) is 19.2. The van der Waals surface area contributed by atoms with Crippen LogP contribution in [0.15, 0.2) is 89.5 Å². The van der Waals surface area contributed by atoms with E-state index in [1.54, 1.807) is 54.6 Å². The number of sulfonamides is 1. The number of nitrogens with one attached hydrogen (secondary N) is 2. The van der Waals surface area contributed by atoms with Gasteiger partial charge in [0.15, 0.2) is 0 Å². The first-order valence-corrected chi connectivity index (χ1v) is 12.3. The van der Waals surface area contributed by atoms with Crippen LogP contribution in [0.25, 0.3) is 10.8 Å². The second-order valence-electron chi connectivity index (χ2n) is 7.62. The van der Waals surface area contributed by atoms with E-state index in [1.165, 1.54) is 6.26 Å². The number of furan rings is 1. The molecule has 0 aliphatic rings. The largest absolute Gasteiger partial charge is 0.467 e. The van der Waals surface area contributed by atoms with Crippen molar-refractivity contribution in [1.82, 2.24) is 5.32 Å². The average Bonchev–Trinajstić information content (AvgIpc) is 3.34. The van der Waals surface area contributed by atoms with Crippen molar-refractivity contribution in [2.24, 2.45) is 0 Å². The Morgan fingerprint density at radius 1 is 0.912 bits per heavy atom. The van der Waals surface area contributed by atoms with E-state index in [9.17, 15) is 18.0 Å². The number of carbonyl (C=O) groups excluding carboxylic acids is 2. The predicted molar refractivity (Wildman–Crippen MR) is 131 cm³/mol. The topological polar surface area (TPSA) is 109 Å². The maximum absolute atomic E-state index is 12.9. The van der Waals surface area contributed by atoms with Crippen LogP contribution in [0.4, 0.5) is 11.4 Å². The Labute approximate surface area is 197 Å². The summed E-state index contributed by atoms with van der Waals surface area (Å²) in [5.41, 5.74) is 0.925. The molecule has 0 saturated carbocycles. The molecule has 2 N–H and O–H groups in total. The lowest BCUT2D eigenvalue weighted by Gasteiger charge is -2.23. The lowest BCUT2D eigenvalue weighted by Crippen LogP contribution is -2.38. The van der Waals surface area contributed by atoms with Gasteiger partial charge in [-0.05, 0) is 35.7 Å². The minimum atomic E-state index is -3.77. The fourth-order valence-electron chi connectivity index (χ4n) is 3.59. The summed E-state index contributed by atoms with van der Waals surface area (Å²) in [7, 11) is -3.77. The number of nitrogens with zero attached hydrogens (tertiary/aromatic N) is 1. The molecule has 9 heteroatoms. The van der Waals surface area contributed by atoms with Crippen molar-refractivity contribution in [2.75, 3.05) is 22.4 Å². The highest BCUT2D eigenvalue weighted by Gasteiger charge is 2.23. The Bertz CT molecular complexity index is 1430. The number of fused-ring (bicyclic) bond motifs is 1. The first kappa shape index (κ1) is 23.1. The van der Waals surface area contributed by atoms with Gasteiger partial charge in [-0.1, -0.05) is 48.5 Å². The predicted octanol–water partition coefficient (Wildman–Crippen LogP) is 3.77. The minimum absolute atomic E-state index is 0.192. The van der Waals surface area contributed by atoms with Crippen LogP contribution in [-0.2, 0) is 21.4 Å². The number of benzene rings is 3. The molecule has 34 heavy (non-hydrogen) atoms. The number of rotatable bonds is 8. The maximum Gasteiger partial charge on any atom is 0.253 e. The summed E-state index contributed by atoms with van der Waals surface area (Å²) in [4.78, 5) is 25.6. The van der Waals surface area contributed by atoms with Gasteiger partial charge in [-0.25, -0.2) is 8.42 Å². The maximum atomic E-state index is 12.9. The lowest BCUT2D eigenvalue weighted by molar-refractivity contribution is -0.114. The summed E-state index contributed by atoms with van der Waals surface area (Å²) in [5, 5.41) is 6.97. The van der Waals surface area contributed by atoms with E-state index in [2.05, 4.69) is 10.6 Å². The number of hydrogen-bond donors (Lipinski definition) is 2. The number of amides is 2. The summed E-state index contributed by atoms with van der Waals surface area (Å²) < 4.78 is 31.5. The SMILES string of the molecule is CS(=O)(=O)N(CC(=O)Nc1ccccc1C(=O)NCc1ccco1)c1cccc2ccccc12. The van der Waals surface area contributed by atoms with Crippen LogP contribution in [0.1, 0.15) is 16.1 Å². The molecule has 0 saturated heterocycles. The second-order valence-corrected chi connectivity index (χ2v) is 9.53. The molecular weight excluding hydrogens is 454 g/mol. The van der Waals surface area contributed by atoms with Gasteiger partial charge in [0.1, 0.15) is 12.3 Å². The smallest absolute Gasteiger partial charge is 0.253 e. The highest BCUT2D eigenvalue weighted by molar-refractivity contribution is 7.92. The van der Waals surface area contributed by atoms with Gasteiger partial charge < -0.3 is 15.1 Å². The molecule has 2 amide bonds. The Morgan fingerprint density at radius 3 is 2.41 bits per heavy atom. The van der Waals surface area contributed by atoms with Gasteiger partial charge in [0.2, 0.25) is 15.9 Å². The summed E-state index contributed by atoms with van der Waals surface area (Å²) in [6, 6.07) is 22.6.